The molecule has 0 aliphatic carbocycles. The van der Waals surface area contributed by atoms with Gasteiger partial charge in [0.25, 0.3) is 5.91 Å². The van der Waals surface area contributed by atoms with Crippen LogP contribution in [0.3, 0.4) is 0 Å². The van der Waals surface area contributed by atoms with Gasteiger partial charge >= 0.3 is 0 Å². The number of hydrogen-bond donors (Lipinski definition) is 2. The predicted molar refractivity (Wildman–Crippen MR) is 77.8 cm³/mol. The van der Waals surface area contributed by atoms with Gasteiger partial charge in [0, 0.05) is 11.5 Å². The van der Waals surface area contributed by atoms with Crippen molar-refractivity contribution in [2.45, 2.75) is 26.3 Å². The van der Waals surface area contributed by atoms with Gasteiger partial charge < -0.3 is 9.84 Å². The molecule has 0 bridgehead atoms. The van der Waals surface area contributed by atoms with Gasteiger partial charge in [-0.2, -0.15) is 5.10 Å². The van der Waals surface area contributed by atoms with Crippen LogP contribution < -0.4 is 5.32 Å². The zero-order chi connectivity index (χ0) is 14.7. The quantitative estimate of drug-likeness (QED) is 0.753. The molecule has 0 aliphatic heterocycles. The first kappa shape index (κ1) is 13.4. The number of carbonyl (C=O) groups is 1. The fourth-order valence-corrected chi connectivity index (χ4v) is 2.20. The average molecular weight is 284 g/mol. The normalized spacial score (nSPS) is 10.9. The smallest absolute Gasteiger partial charge is 0.272 e. The summed E-state index contributed by atoms with van der Waals surface area (Å²) in [6.07, 6.45) is 1.89. The maximum atomic E-state index is 12.2. The summed E-state index contributed by atoms with van der Waals surface area (Å²) >= 11 is 0. The van der Waals surface area contributed by atoms with Crippen LogP contribution in [0.25, 0.3) is 10.9 Å². The summed E-state index contributed by atoms with van der Waals surface area (Å²) < 4.78 is 5.18. The monoisotopic (exact) mass is 284 g/mol. The van der Waals surface area contributed by atoms with Crippen LogP contribution in [0.2, 0.25) is 0 Å². The van der Waals surface area contributed by atoms with Gasteiger partial charge in [-0.1, -0.05) is 36.7 Å². The van der Waals surface area contributed by atoms with Crippen molar-refractivity contribution in [3.05, 3.63) is 47.5 Å². The fraction of sp³-hybridized carbons (Fsp3) is 0.267. The number of rotatable bonds is 5. The molecule has 3 aromatic rings. The lowest BCUT2D eigenvalue weighted by atomic mass is 10.2. The van der Waals surface area contributed by atoms with Crippen molar-refractivity contribution >= 4 is 16.8 Å². The predicted octanol–water partition coefficient (Wildman–Crippen LogP) is 2.43. The van der Waals surface area contributed by atoms with Crippen LogP contribution >= 0.6 is 0 Å². The van der Waals surface area contributed by atoms with E-state index in [4.69, 9.17) is 4.52 Å². The van der Waals surface area contributed by atoms with Crippen LogP contribution in [0.4, 0.5) is 0 Å². The topological polar surface area (TPSA) is 83.8 Å². The third-order valence-electron chi connectivity index (χ3n) is 3.22. The maximum absolute atomic E-state index is 12.2. The second-order valence-electron chi connectivity index (χ2n) is 4.84. The molecule has 1 amide bonds. The molecule has 1 aromatic carbocycles. The van der Waals surface area contributed by atoms with Crippen molar-refractivity contribution in [2.75, 3.05) is 0 Å². The fourth-order valence-electron chi connectivity index (χ4n) is 2.20. The minimum Gasteiger partial charge on any atom is -0.359 e. The van der Waals surface area contributed by atoms with E-state index in [2.05, 4.69) is 27.6 Å². The summed E-state index contributed by atoms with van der Waals surface area (Å²) in [7, 11) is 0. The van der Waals surface area contributed by atoms with Gasteiger partial charge in [-0.25, -0.2) is 0 Å². The van der Waals surface area contributed by atoms with Crippen LogP contribution in [-0.4, -0.2) is 21.3 Å². The highest BCUT2D eigenvalue weighted by molar-refractivity contribution is 6.04. The highest BCUT2D eigenvalue weighted by atomic mass is 16.5. The van der Waals surface area contributed by atoms with E-state index in [1.54, 1.807) is 0 Å². The first-order chi connectivity index (χ1) is 10.3. The zero-order valence-corrected chi connectivity index (χ0v) is 11.7. The SMILES string of the molecule is CCCc1cc(CNC(=O)c2n[nH]c3ccccc23)on1. The minimum atomic E-state index is -0.235. The Morgan fingerprint density at radius 2 is 2.24 bits per heavy atom. The number of nitrogens with zero attached hydrogens (tertiary/aromatic N) is 2. The molecule has 0 saturated carbocycles. The number of para-hydroxylation sites is 1. The molecule has 0 aliphatic rings. The molecular formula is C15H16N4O2. The van der Waals surface area contributed by atoms with Gasteiger partial charge in [-0.05, 0) is 12.5 Å². The summed E-state index contributed by atoms with van der Waals surface area (Å²) in [6.45, 7) is 2.38. The number of fused-ring (bicyclic) bond motifs is 1. The van der Waals surface area contributed by atoms with Gasteiger partial charge in [0.15, 0.2) is 11.5 Å². The molecule has 2 heterocycles. The van der Waals surface area contributed by atoms with Crippen molar-refractivity contribution in [1.29, 1.82) is 0 Å². The number of hydrogen-bond acceptors (Lipinski definition) is 4. The number of aromatic amines is 1. The molecule has 6 nitrogen and oxygen atoms in total. The molecule has 0 radical (unpaired) electrons. The number of aromatic nitrogens is 3. The van der Waals surface area contributed by atoms with E-state index in [1.165, 1.54) is 0 Å². The Morgan fingerprint density at radius 3 is 3.10 bits per heavy atom. The number of aryl methyl sites for hydroxylation is 1. The largest absolute Gasteiger partial charge is 0.359 e. The Labute approximate surface area is 121 Å². The molecule has 3 rings (SSSR count). The summed E-state index contributed by atoms with van der Waals surface area (Å²) in [6, 6.07) is 9.38. The summed E-state index contributed by atoms with van der Waals surface area (Å²) in [5.74, 6) is 0.410. The number of nitrogens with one attached hydrogen (secondary N) is 2. The Bertz CT molecular complexity index is 760. The average Bonchev–Trinajstić information content (AvgIpc) is 3.12. The van der Waals surface area contributed by atoms with Crippen molar-refractivity contribution in [2.24, 2.45) is 0 Å². The maximum Gasteiger partial charge on any atom is 0.272 e. The highest BCUT2D eigenvalue weighted by Gasteiger charge is 2.14. The number of benzene rings is 1. The molecule has 0 spiro atoms. The number of carbonyl (C=O) groups excluding carboxylic acids is 1. The Balaban J connectivity index is 1.68. The van der Waals surface area contributed by atoms with Crippen LogP contribution in [0.1, 0.15) is 35.3 Å². The number of amides is 1. The Hall–Kier alpha value is -2.63. The molecule has 0 saturated heterocycles. The first-order valence-electron chi connectivity index (χ1n) is 6.93. The zero-order valence-electron chi connectivity index (χ0n) is 11.7. The van der Waals surface area contributed by atoms with Crippen molar-refractivity contribution in [1.82, 2.24) is 20.7 Å². The van der Waals surface area contributed by atoms with Gasteiger partial charge in [0.05, 0.1) is 17.8 Å². The lowest BCUT2D eigenvalue weighted by Gasteiger charge is -1.99. The van der Waals surface area contributed by atoms with Crippen LogP contribution in [-0.2, 0) is 13.0 Å². The molecule has 0 atom stereocenters. The summed E-state index contributed by atoms with van der Waals surface area (Å²) in [5.41, 5.74) is 2.14. The Morgan fingerprint density at radius 1 is 1.38 bits per heavy atom. The third-order valence-corrected chi connectivity index (χ3v) is 3.22. The van der Waals surface area contributed by atoms with Crippen molar-refractivity contribution in [3.8, 4) is 0 Å². The second-order valence-corrected chi connectivity index (χ2v) is 4.84. The van der Waals surface area contributed by atoms with Crippen LogP contribution in [0.5, 0.6) is 0 Å². The van der Waals surface area contributed by atoms with Gasteiger partial charge in [0.2, 0.25) is 0 Å². The van der Waals surface area contributed by atoms with Gasteiger partial charge in [0.1, 0.15) is 0 Å². The standard InChI is InChI=1S/C15H16N4O2/c1-2-5-10-8-11(21-19-10)9-16-15(20)14-12-6-3-4-7-13(12)17-18-14/h3-4,6-8H,2,5,9H2,1H3,(H,16,20)(H,17,18). The van der Waals surface area contributed by atoms with E-state index >= 15 is 0 Å². The van der Waals surface area contributed by atoms with Gasteiger partial charge in [-0.15, -0.1) is 0 Å². The molecule has 2 N–H and O–H groups in total. The molecule has 0 unspecified atom stereocenters. The molecular weight excluding hydrogens is 268 g/mol. The lowest BCUT2D eigenvalue weighted by molar-refractivity contribution is 0.0943. The first-order valence-corrected chi connectivity index (χ1v) is 6.93. The van der Waals surface area contributed by atoms with E-state index in [9.17, 15) is 4.79 Å². The lowest BCUT2D eigenvalue weighted by Crippen LogP contribution is -2.23. The summed E-state index contributed by atoms with van der Waals surface area (Å²) in [5, 5.41) is 14.4. The Kier molecular flexibility index (Phi) is 3.68. The van der Waals surface area contributed by atoms with E-state index in [0.29, 0.717) is 18.0 Å². The van der Waals surface area contributed by atoms with Crippen molar-refractivity contribution < 1.29 is 9.32 Å². The summed E-state index contributed by atoms with van der Waals surface area (Å²) in [4.78, 5) is 12.2. The van der Waals surface area contributed by atoms with Gasteiger partial charge in [-0.3, -0.25) is 9.89 Å². The molecule has 2 aromatic heterocycles. The molecule has 0 fully saturated rings. The second kappa shape index (κ2) is 5.78. The van der Waals surface area contributed by atoms with E-state index in [-0.39, 0.29) is 5.91 Å². The van der Waals surface area contributed by atoms with Crippen LogP contribution in [0, 0.1) is 0 Å². The molecule has 108 valence electrons. The minimum absolute atomic E-state index is 0.235. The van der Waals surface area contributed by atoms with E-state index < -0.39 is 0 Å². The van der Waals surface area contributed by atoms with Crippen molar-refractivity contribution in [3.63, 3.8) is 0 Å². The van der Waals surface area contributed by atoms with Crippen LogP contribution in [0.15, 0.2) is 34.9 Å². The molecule has 6 heteroatoms. The van der Waals surface area contributed by atoms with E-state index in [0.717, 1.165) is 29.4 Å². The van der Waals surface area contributed by atoms with E-state index in [1.807, 2.05) is 30.3 Å². The number of H-pyrrole nitrogens is 1. The third kappa shape index (κ3) is 2.79. The molecule has 21 heavy (non-hydrogen) atoms. The highest BCUT2D eigenvalue weighted by Crippen LogP contribution is 2.15.